The van der Waals surface area contributed by atoms with E-state index in [1.165, 1.54) is 5.01 Å². The molecule has 0 heterocycles. The lowest BCUT2D eigenvalue weighted by Crippen LogP contribution is -2.44. The number of rotatable bonds is 12. The fourth-order valence-corrected chi connectivity index (χ4v) is 2.81. The van der Waals surface area contributed by atoms with Crippen LogP contribution < -0.4 is 5.84 Å². The monoisotopic (exact) mass is 328 g/mol. The molecule has 0 aliphatic heterocycles. The van der Waals surface area contributed by atoms with E-state index < -0.39 is 5.97 Å². The average Bonchev–Trinajstić information content (AvgIpc) is 2.50. The van der Waals surface area contributed by atoms with Crippen molar-refractivity contribution in [2.45, 2.75) is 73.1 Å². The first-order valence-corrected chi connectivity index (χ1v) is 8.99. The van der Waals surface area contributed by atoms with Gasteiger partial charge in [0.1, 0.15) is 0 Å². The maximum atomic E-state index is 12.2. The number of carboxylic acid groups (broad SMARTS) is 1. The molecule has 0 saturated heterocycles. The van der Waals surface area contributed by atoms with E-state index in [4.69, 9.17) is 5.84 Å². The summed E-state index contributed by atoms with van der Waals surface area (Å²) in [7, 11) is 0. The molecule has 0 rings (SSSR count). The number of carbonyl (C=O) groups is 2. The number of unbranched alkanes of at least 4 members (excludes halogenated alkanes) is 1. The molecule has 5 nitrogen and oxygen atoms in total. The van der Waals surface area contributed by atoms with Crippen molar-refractivity contribution in [3.63, 3.8) is 0 Å². The summed E-state index contributed by atoms with van der Waals surface area (Å²) in [6.07, 6.45) is 4.78. The van der Waals surface area contributed by atoms with Crippen LogP contribution >= 0.6 is 0 Å². The Balaban J connectivity index is 4.76. The van der Waals surface area contributed by atoms with Crippen LogP contribution in [0.15, 0.2) is 0 Å². The molecule has 0 fully saturated rings. The van der Waals surface area contributed by atoms with Crippen LogP contribution in [0.3, 0.4) is 0 Å². The van der Waals surface area contributed by atoms with E-state index in [2.05, 4.69) is 20.8 Å². The maximum absolute atomic E-state index is 12.2. The summed E-state index contributed by atoms with van der Waals surface area (Å²) in [4.78, 5) is 23.3. The number of nitrogens with two attached hydrogens (primary N) is 1. The number of hydrazine groups is 1. The van der Waals surface area contributed by atoms with E-state index in [-0.39, 0.29) is 24.2 Å². The van der Waals surface area contributed by atoms with Crippen LogP contribution in [0, 0.1) is 23.7 Å². The molecule has 0 aliphatic rings. The topological polar surface area (TPSA) is 83.6 Å². The molecule has 0 saturated carbocycles. The van der Waals surface area contributed by atoms with Gasteiger partial charge in [-0.1, -0.05) is 60.3 Å². The van der Waals surface area contributed by atoms with Crippen molar-refractivity contribution in [2.24, 2.45) is 29.5 Å². The van der Waals surface area contributed by atoms with Crippen LogP contribution in [-0.4, -0.2) is 28.5 Å². The summed E-state index contributed by atoms with van der Waals surface area (Å²) in [5.74, 6) is 5.85. The zero-order valence-electron chi connectivity index (χ0n) is 15.5. The van der Waals surface area contributed by atoms with E-state index in [0.717, 1.165) is 25.7 Å². The number of carboxylic acids is 1. The van der Waals surface area contributed by atoms with Crippen molar-refractivity contribution in [1.29, 1.82) is 0 Å². The molecule has 4 atom stereocenters. The quantitative estimate of drug-likeness (QED) is 0.325. The Bertz CT molecular complexity index is 360. The molecular formula is C18H36N2O3. The number of aliphatic carboxylic acids is 1. The van der Waals surface area contributed by atoms with E-state index in [1.807, 2.05) is 13.8 Å². The summed E-state index contributed by atoms with van der Waals surface area (Å²) < 4.78 is 0. The molecule has 5 heteroatoms. The number of hydrogen-bond acceptors (Lipinski definition) is 3. The van der Waals surface area contributed by atoms with Gasteiger partial charge in [-0.05, 0) is 23.7 Å². The number of amides is 1. The second kappa shape index (κ2) is 11.4. The number of nitrogens with zero attached hydrogens (tertiary/aromatic N) is 1. The fourth-order valence-electron chi connectivity index (χ4n) is 2.81. The van der Waals surface area contributed by atoms with Crippen LogP contribution in [0.2, 0.25) is 0 Å². The molecule has 0 radical (unpaired) electrons. The summed E-state index contributed by atoms with van der Waals surface area (Å²) in [6.45, 7) is 10.8. The van der Waals surface area contributed by atoms with E-state index >= 15 is 0 Å². The summed E-state index contributed by atoms with van der Waals surface area (Å²) in [6, 6.07) is 0. The molecule has 0 aromatic rings. The Morgan fingerprint density at radius 1 is 1.13 bits per heavy atom. The first kappa shape index (κ1) is 21.9. The molecule has 23 heavy (non-hydrogen) atoms. The third-order valence-corrected chi connectivity index (χ3v) is 5.06. The van der Waals surface area contributed by atoms with Gasteiger partial charge in [0.15, 0.2) is 0 Å². The largest absolute Gasteiger partial charge is 0.481 e. The summed E-state index contributed by atoms with van der Waals surface area (Å²) >= 11 is 0. The highest BCUT2D eigenvalue weighted by Gasteiger charge is 2.27. The number of carbonyl (C=O) groups excluding carboxylic acids is 1. The van der Waals surface area contributed by atoms with Gasteiger partial charge in [0.05, 0.1) is 6.42 Å². The minimum atomic E-state index is -0.827. The third kappa shape index (κ3) is 8.94. The predicted octanol–water partition coefficient (Wildman–Crippen LogP) is 3.68. The van der Waals surface area contributed by atoms with Gasteiger partial charge >= 0.3 is 5.97 Å². The predicted molar refractivity (Wildman–Crippen MR) is 93.6 cm³/mol. The Morgan fingerprint density at radius 2 is 1.74 bits per heavy atom. The minimum absolute atomic E-state index is 0.0575. The Morgan fingerprint density at radius 3 is 2.22 bits per heavy atom. The van der Waals surface area contributed by atoms with E-state index in [9.17, 15) is 14.7 Å². The SMILES string of the molecule is CCCCC(C)C(C)C(CC(=O)O)CN(N)C(=O)CC(C)CC. The van der Waals surface area contributed by atoms with Crippen LogP contribution in [0.1, 0.15) is 73.1 Å². The zero-order chi connectivity index (χ0) is 18.0. The van der Waals surface area contributed by atoms with Crippen molar-refractivity contribution in [3.8, 4) is 0 Å². The van der Waals surface area contributed by atoms with Crippen molar-refractivity contribution in [3.05, 3.63) is 0 Å². The zero-order valence-corrected chi connectivity index (χ0v) is 15.5. The Labute approximate surface area is 141 Å². The molecule has 136 valence electrons. The van der Waals surface area contributed by atoms with Crippen LogP contribution in [-0.2, 0) is 9.59 Å². The van der Waals surface area contributed by atoms with Gasteiger partial charge in [-0.25, -0.2) is 5.84 Å². The van der Waals surface area contributed by atoms with E-state index in [1.54, 1.807) is 0 Å². The average molecular weight is 328 g/mol. The molecule has 3 N–H and O–H groups in total. The lowest BCUT2D eigenvalue weighted by Gasteiger charge is -2.31. The summed E-state index contributed by atoms with van der Waals surface area (Å²) in [5.41, 5.74) is 0. The van der Waals surface area contributed by atoms with Gasteiger partial charge in [0, 0.05) is 13.0 Å². The molecule has 1 amide bonds. The van der Waals surface area contributed by atoms with Gasteiger partial charge in [0.25, 0.3) is 0 Å². The first-order valence-electron chi connectivity index (χ1n) is 8.99. The van der Waals surface area contributed by atoms with Crippen LogP contribution in [0.4, 0.5) is 0 Å². The van der Waals surface area contributed by atoms with Crippen LogP contribution in [0.5, 0.6) is 0 Å². The van der Waals surface area contributed by atoms with Gasteiger partial charge < -0.3 is 5.11 Å². The fraction of sp³-hybridized carbons (Fsp3) is 0.889. The lowest BCUT2D eigenvalue weighted by molar-refractivity contribution is -0.141. The second-order valence-electron chi connectivity index (χ2n) is 7.10. The van der Waals surface area contributed by atoms with Gasteiger partial charge in [-0.15, -0.1) is 0 Å². The smallest absolute Gasteiger partial charge is 0.303 e. The second-order valence-corrected chi connectivity index (χ2v) is 7.10. The molecule has 0 aromatic heterocycles. The molecule has 0 aliphatic carbocycles. The van der Waals surface area contributed by atoms with Gasteiger partial charge in [-0.3, -0.25) is 14.6 Å². The van der Waals surface area contributed by atoms with Crippen LogP contribution in [0.25, 0.3) is 0 Å². The minimum Gasteiger partial charge on any atom is -0.481 e. The van der Waals surface area contributed by atoms with Crippen molar-refractivity contribution < 1.29 is 14.7 Å². The molecular weight excluding hydrogens is 292 g/mol. The number of hydrogen-bond donors (Lipinski definition) is 2. The summed E-state index contributed by atoms with van der Waals surface area (Å²) in [5, 5.41) is 10.4. The van der Waals surface area contributed by atoms with Crippen molar-refractivity contribution >= 4 is 11.9 Å². The molecule has 0 bridgehead atoms. The lowest BCUT2D eigenvalue weighted by atomic mass is 9.79. The highest BCUT2D eigenvalue weighted by molar-refractivity contribution is 5.75. The maximum Gasteiger partial charge on any atom is 0.303 e. The Hall–Kier alpha value is -1.10. The van der Waals surface area contributed by atoms with Crippen molar-refractivity contribution in [1.82, 2.24) is 5.01 Å². The van der Waals surface area contributed by atoms with Crippen molar-refractivity contribution in [2.75, 3.05) is 6.54 Å². The van der Waals surface area contributed by atoms with E-state index in [0.29, 0.717) is 24.8 Å². The Kier molecular flexibility index (Phi) is 10.9. The molecule has 0 spiro atoms. The van der Waals surface area contributed by atoms with Gasteiger partial charge in [0.2, 0.25) is 5.91 Å². The highest BCUT2D eigenvalue weighted by Crippen LogP contribution is 2.28. The molecule has 0 aromatic carbocycles. The standard InChI is InChI=1S/C18H36N2O3/c1-6-8-9-14(4)15(5)16(11-18(22)23)12-20(19)17(21)10-13(3)7-2/h13-16H,6-12,19H2,1-5H3,(H,22,23). The molecule has 4 unspecified atom stereocenters. The van der Waals surface area contributed by atoms with Gasteiger partial charge in [-0.2, -0.15) is 0 Å². The first-order chi connectivity index (χ1) is 10.7. The normalized spacial score (nSPS) is 16.4. The third-order valence-electron chi connectivity index (χ3n) is 5.06. The highest BCUT2D eigenvalue weighted by atomic mass is 16.4.